The molecule has 0 saturated heterocycles. The van der Waals surface area contributed by atoms with Gasteiger partial charge in [-0.15, -0.1) is 0 Å². The minimum Gasteiger partial charge on any atom is -0.397 e. The SMILES string of the molecule is Nc1cnccc1CCO.O=[N+]([O-])c1cnccc1CCO.[CH3-].[HH].[Pd]. The van der Waals surface area contributed by atoms with E-state index in [1.165, 1.54) is 18.5 Å². The molecule has 2 rings (SSSR count). The van der Waals surface area contributed by atoms with Gasteiger partial charge in [0.05, 0.1) is 16.8 Å². The summed E-state index contributed by atoms with van der Waals surface area (Å²) in [6.45, 7) is 0.0407. The van der Waals surface area contributed by atoms with Crippen molar-refractivity contribution in [3.05, 3.63) is 65.6 Å². The number of aliphatic hydroxyl groups excluding tert-OH is 2. The van der Waals surface area contributed by atoms with Crippen molar-refractivity contribution < 1.29 is 37.0 Å². The monoisotopic (exact) mass is 429 g/mol. The molecule has 0 spiro atoms. The molecule has 0 amide bonds. The van der Waals surface area contributed by atoms with Gasteiger partial charge in [-0.1, -0.05) is 0 Å². The molecule has 0 aliphatic carbocycles. The third kappa shape index (κ3) is 8.08. The summed E-state index contributed by atoms with van der Waals surface area (Å²) in [6, 6.07) is 3.35. The van der Waals surface area contributed by atoms with Crippen LogP contribution in [0.5, 0.6) is 0 Å². The number of pyridine rings is 2. The second-order valence-corrected chi connectivity index (χ2v) is 4.28. The minimum atomic E-state index is -0.502. The number of nitro groups is 1. The van der Waals surface area contributed by atoms with E-state index in [4.69, 9.17) is 15.9 Å². The zero-order valence-electron chi connectivity index (χ0n) is 13.2. The van der Waals surface area contributed by atoms with Crippen molar-refractivity contribution in [3.63, 3.8) is 0 Å². The molecule has 8 nitrogen and oxygen atoms in total. The van der Waals surface area contributed by atoms with Gasteiger partial charge in [-0.25, -0.2) is 0 Å². The third-order valence-electron chi connectivity index (χ3n) is 2.79. The van der Waals surface area contributed by atoms with E-state index in [0.29, 0.717) is 24.1 Å². The molecule has 0 fully saturated rings. The molecule has 4 N–H and O–H groups in total. The topological polar surface area (TPSA) is 135 Å². The second-order valence-electron chi connectivity index (χ2n) is 4.28. The Morgan fingerprint density at radius 2 is 1.58 bits per heavy atom. The fraction of sp³-hybridized carbons (Fsp3) is 0.267. The molecule has 9 heteroatoms. The van der Waals surface area contributed by atoms with Crippen molar-refractivity contribution in [1.29, 1.82) is 0 Å². The van der Waals surface area contributed by atoms with Gasteiger partial charge in [-0.05, 0) is 24.1 Å². The fourth-order valence-corrected chi connectivity index (χ4v) is 1.69. The summed E-state index contributed by atoms with van der Waals surface area (Å²) in [6.07, 6.45) is 6.81. The molecule has 24 heavy (non-hydrogen) atoms. The molecular formula is C15H23N4O4Pd-. The molecule has 138 valence electrons. The van der Waals surface area contributed by atoms with E-state index in [1.54, 1.807) is 12.4 Å². The van der Waals surface area contributed by atoms with Crippen LogP contribution in [0, 0.1) is 17.5 Å². The average Bonchev–Trinajstić information content (AvgIpc) is 2.51. The summed E-state index contributed by atoms with van der Waals surface area (Å²) < 4.78 is 0. The quantitative estimate of drug-likeness (QED) is 0.283. The standard InChI is InChI=1S/C7H8N2O3.C7H10N2O.CH3.Pd.H2/c10-4-2-6-1-3-8-5-7(6)9(11)12;8-7-5-9-3-1-6(7)2-4-10;;;/h1,3,5,10H,2,4H2;1,3,5,10H,2,4,8H2;1H3;;1H/q;;-1;;. The summed E-state index contributed by atoms with van der Waals surface area (Å²) in [5, 5.41) is 27.5. The first-order valence-electron chi connectivity index (χ1n) is 6.57. The van der Waals surface area contributed by atoms with Gasteiger partial charge < -0.3 is 23.4 Å². The normalized spacial score (nSPS) is 8.92. The van der Waals surface area contributed by atoms with Crippen LogP contribution in [0.3, 0.4) is 0 Å². The van der Waals surface area contributed by atoms with Crippen LogP contribution < -0.4 is 5.73 Å². The Labute approximate surface area is 156 Å². The molecule has 0 saturated carbocycles. The first-order valence-corrected chi connectivity index (χ1v) is 6.57. The van der Waals surface area contributed by atoms with E-state index in [2.05, 4.69) is 9.97 Å². The molecule has 2 aromatic rings. The predicted molar refractivity (Wildman–Crippen MR) is 89.6 cm³/mol. The number of aliphatic hydroxyl groups is 2. The van der Waals surface area contributed by atoms with Gasteiger partial charge in [-0.2, -0.15) is 0 Å². The van der Waals surface area contributed by atoms with Crippen molar-refractivity contribution >= 4 is 11.4 Å². The summed E-state index contributed by atoms with van der Waals surface area (Å²) in [4.78, 5) is 17.3. The number of hydrogen-bond acceptors (Lipinski definition) is 7. The molecule has 0 unspecified atom stereocenters. The maximum absolute atomic E-state index is 10.4. The average molecular weight is 430 g/mol. The van der Waals surface area contributed by atoms with Crippen LogP contribution in [-0.4, -0.2) is 38.3 Å². The maximum Gasteiger partial charge on any atom is 0.290 e. The van der Waals surface area contributed by atoms with Crippen LogP contribution in [0.4, 0.5) is 11.4 Å². The zero-order chi connectivity index (χ0) is 16.4. The number of anilines is 1. The van der Waals surface area contributed by atoms with Gasteiger partial charge in [0.25, 0.3) is 5.69 Å². The third-order valence-corrected chi connectivity index (χ3v) is 2.79. The Hall–Kier alpha value is -1.92. The molecule has 0 aliphatic heterocycles. The van der Waals surface area contributed by atoms with Crippen molar-refractivity contribution in [2.24, 2.45) is 0 Å². The van der Waals surface area contributed by atoms with E-state index in [9.17, 15) is 10.1 Å². The van der Waals surface area contributed by atoms with E-state index in [0.717, 1.165) is 5.56 Å². The van der Waals surface area contributed by atoms with Crippen LogP contribution in [0.25, 0.3) is 0 Å². The second kappa shape index (κ2) is 13.5. The van der Waals surface area contributed by atoms with Gasteiger partial charge >= 0.3 is 0 Å². The Bertz CT molecular complexity index is 620. The Balaban J connectivity index is -0.000000350. The molecule has 2 heterocycles. The van der Waals surface area contributed by atoms with Crippen molar-refractivity contribution in [2.45, 2.75) is 12.8 Å². The van der Waals surface area contributed by atoms with E-state index < -0.39 is 4.92 Å². The van der Waals surface area contributed by atoms with E-state index in [-0.39, 0.29) is 48.2 Å². The van der Waals surface area contributed by atoms with Gasteiger partial charge in [0.15, 0.2) is 0 Å². The smallest absolute Gasteiger partial charge is 0.290 e. The molecule has 0 atom stereocenters. The predicted octanol–water partition coefficient (Wildman–Crippen LogP) is 1.42. The number of nitrogen functional groups attached to an aromatic ring is 1. The Morgan fingerprint density at radius 1 is 1.08 bits per heavy atom. The summed E-state index contributed by atoms with van der Waals surface area (Å²) in [7, 11) is 0. The maximum atomic E-state index is 10.4. The Kier molecular flexibility index (Phi) is 13.7. The number of hydrogen-bond donors (Lipinski definition) is 3. The number of nitrogens with zero attached hydrogens (tertiary/aromatic N) is 3. The van der Waals surface area contributed by atoms with Crippen LogP contribution in [0.15, 0.2) is 36.9 Å². The van der Waals surface area contributed by atoms with Gasteiger partial charge in [-0.3, -0.25) is 20.1 Å². The number of nitrogens with two attached hydrogens (primary N) is 1. The molecular weight excluding hydrogens is 407 g/mol. The molecule has 0 radical (unpaired) electrons. The van der Waals surface area contributed by atoms with Crippen molar-refractivity contribution in [2.75, 3.05) is 18.9 Å². The molecule has 0 bridgehead atoms. The van der Waals surface area contributed by atoms with Crippen LogP contribution >= 0.6 is 0 Å². The first kappa shape index (κ1) is 24.3. The zero-order valence-corrected chi connectivity index (χ0v) is 14.8. The van der Waals surface area contributed by atoms with Gasteiger partial charge in [0.2, 0.25) is 0 Å². The summed E-state index contributed by atoms with van der Waals surface area (Å²) >= 11 is 0. The van der Waals surface area contributed by atoms with Crippen molar-refractivity contribution in [3.8, 4) is 0 Å². The molecule has 0 aromatic carbocycles. The van der Waals surface area contributed by atoms with Crippen LogP contribution in [-0.2, 0) is 33.3 Å². The Morgan fingerprint density at radius 3 is 2.08 bits per heavy atom. The largest absolute Gasteiger partial charge is 0.397 e. The minimum absolute atomic E-state index is 0. The van der Waals surface area contributed by atoms with Crippen molar-refractivity contribution in [1.82, 2.24) is 9.97 Å². The number of rotatable bonds is 5. The summed E-state index contributed by atoms with van der Waals surface area (Å²) in [5.41, 5.74) is 7.61. The first-order chi connectivity index (χ1) is 10.6. The number of aromatic nitrogens is 2. The van der Waals surface area contributed by atoms with Gasteiger partial charge in [0.1, 0.15) is 6.20 Å². The van der Waals surface area contributed by atoms with Gasteiger partial charge in [0, 0.05) is 59.4 Å². The molecule has 0 aliphatic rings. The fourth-order valence-electron chi connectivity index (χ4n) is 1.69. The molecule has 2 aromatic heterocycles. The van der Waals surface area contributed by atoms with Crippen LogP contribution in [0.2, 0.25) is 0 Å². The van der Waals surface area contributed by atoms with E-state index >= 15 is 0 Å². The van der Waals surface area contributed by atoms with Crippen LogP contribution in [0.1, 0.15) is 12.6 Å². The van der Waals surface area contributed by atoms with E-state index in [1.807, 2.05) is 6.07 Å². The summed E-state index contributed by atoms with van der Waals surface area (Å²) in [5.74, 6) is 0.